The summed E-state index contributed by atoms with van der Waals surface area (Å²) in [5, 5.41) is 0. The third kappa shape index (κ3) is 12.0. The molecule has 0 spiro atoms. The molecule has 0 unspecified atom stereocenters. The van der Waals surface area contributed by atoms with Crippen LogP contribution in [-0.2, 0) is 4.74 Å². The van der Waals surface area contributed by atoms with Crippen molar-refractivity contribution in [1.29, 1.82) is 0 Å². The van der Waals surface area contributed by atoms with E-state index < -0.39 is 0 Å². The first kappa shape index (κ1) is 13.0. The highest BCUT2D eigenvalue weighted by Gasteiger charge is 2.09. The molecule has 0 aliphatic carbocycles. The highest BCUT2D eigenvalue weighted by atomic mass is 16.5. The molecule has 0 saturated heterocycles. The first-order valence-corrected chi connectivity index (χ1v) is 5.49. The fourth-order valence-corrected chi connectivity index (χ4v) is 1.00. The zero-order valence-electron chi connectivity index (χ0n) is 9.73. The minimum Gasteiger partial charge on any atom is -0.376 e. The molecule has 1 heteroatoms. The van der Waals surface area contributed by atoms with Crippen LogP contribution >= 0.6 is 0 Å². The third-order valence-corrected chi connectivity index (χ3v) is 1.93. The molecule has 0 amide bonds. The summed E-state index contributed by atoms with van der Waals surface area (Å²) in [5.41, 5.74) is 0.365. The van der Waals surface area contributed by atoms with Gasteiger partial charge in [-0.15, -0.1) is 0 Å². The fraction of sp³-hybridized carbons (Fsp3) is 0.917. The van der Waals surface area contributed by atoms with Crippen molar-refractivity contribution in [2.75, 3.05) is 6.61 Å². The van der Waals surface area contributed by atoms with Crippen molar-refractivity contribution in [3.05, 3.63) is 6.61 Å². The summed E-state index contributed by atoms with van der Waals surface area (Å²) in [5.74, 6) is 0. The van der Waals surface area contributed by atoms with Crippen LogP contribution in [0.3, 0.4) is 0 Å². The monoisotopic (exact) mass is 185 g/mol. The molecule has 0 heterocycles. The third-order valence-electron chi connectivity index (χ3n) is 1.93. The van der Waals surface area contributed by atoms with Gasteiger partial charge in [0, 0.05) is 6.61 Å². The number of hydrogen-bond acceptors (Lipinski definition) is 1. The average Bonchev–Trinajstić information content (AvgIpc) is 2.01. The second-order valence-electron chi connectivity index (χ2n) is 4.86. The molecular formula is C12H25O. The molecule has 0 atom stereocenters. The second-order valence-corrected chi connectivity index (χ2v) is 4.86. The van der Waals surface area contributed by atoms with Crippen molar-refractivity contribution in [1.82, 2.24) is 0 Å². The first-order chi connectivity index (χ1) is 6.06. The normalized spacial score (nSPS) is 12.0. The van der Waals surface area contributed by atoms with Crippen molar-refractivity contribution in [3.63, 3.8) is 0 Å². The van der Waals surface area contributed by atoms with Gasteiger partial charge in [-0.05, 0) is 18.3 Å². The Bertz CT molecular complexity index is 102. The Morgan fingerprint density at radius 1 is 1.08 bits per heavy atom. The number of unbranched alkanes of at least 4 members (excludes halogenated alkanes) is 3. The van der Waals surface area contributed by atoms with Crippen LogP contribution in [0.25, 0.3) is 0 Å². The minimum atomic E-state index is 0.365. The molecule has 0 aliphatic rings. The maximum atomic E-state index is 5.43. The van der Waals surface area contributed by atoms with E-state index in [2.05, 4.69) is 27.7 Å². The molecule has 0 aromatic rings. The van der Waals surface area contributed by atoms with Crippen molar-refractivity contribution in [3.8, 4) is 0 Å². The predicted octanol–water partition coefficient (Wildman–Crippen LogP) is 4.18. The van der Waals surface area contributed by atoms with Crippen LogP contribution in [0.5, 0.6) is 0 Å². The maximum absolute atomic E-state index is 5.43. The molecule has 1 nitrogen and oxygen atoms in total. The van der Waals surface area contributed by atoms with Crippen LogP contribution in [0, 0.1) is 12.0 Å². The Balaban J connectivity index is 3.00. The van der Waals surface area contributed by atoms with Crippen molar-refractivity contribution in [2.45, 2.75) is 59.8 Å². The van der Waals surface area contributed by atoms with Gasteiger partial charge in [0.2, 0.25) is 0 Å². The summed E-state index contributed by atoms with van der Waals surface area (Å²) < 4.78 is 5.43. The van der Waals surface area contributed by atoms with E-state index in [-0.39, 0.29) is 0 Å². The van der Waals surface area contributed by atoms with Gasteiger partial charge in [0.15, 0.2) is 0 Å². The molecule has 1 radical (unpaired) electrons. The minimum absolute atomic E-state index is 0.365. The molecule has 13 heavy (non-hydrogen) atoms. The van der Waals surface area contributed by atoms with Gasteiger partial charge in [-0.1, -0.05) is 47.0 Å². The smallest absolute Gasteiger partial charge is 0.0841 e. The van der Waals surface area contributed by atoms with Gasteiger partial charge in [0.25, 0.3) is 0 Å². The maximum Gasteiger partial charge on any atom is 0.0841 e. The summed E-state index contributed by atoms with van der Waals surface area (Å²) in [6, 6.07) is 0. The zero-order chi connectivity index (χ0) is 10.2. The first-order valence-electron chi connectivity index (χ1n) is 5.49. The Hall–Kier alpha value is -0.0400. The van der Waals surface area contributed by atoms with Gasteiger partial charge in [-0.25, -0.2) is 0 Å². The van der Waals surface area contributed by atoms with Gasteiger partial charge in [0.1, 0.15) is 0 Å². The van der Waals surface area contributed by atoms with Crippen LogP contribution in [0.15, 0.2) is 0 Å². The molecular weight excluding hydrogens is 160 g/mol. The average molecular weight is 185 g/mol. The highest BCUT2D eigenvalue weighted by Crippen LogP contribution is 2.20. The molecule has 0 aromatic heterocycles. The van der Waals surface area contributed by atoms with Gasteiger partial charge >= 0.3 is 0 Å². The van der Waals surface area contributed by atoms with Crippen LogP contribution in [0.2, 0.25) is 0 Å². The zero-order valence-corrected chi connectivity index (χ0v) is 9.73. The molecule has 0 N–H and O–H groups in total. The van der Waals surface area contributed by atoms with E-state index in [4.69, 9.17) is 4.74 Å². The van der Waals surface area contributed by atoms with E-state index >= 15 is 0 Å². The molecule has 0 bridgehead atoms. The summed E-state index contributed by atoms with van der Waals surface area (Å²) in [4.78, 5) is 0. The summed E-state index contributed by atoms with van der Waals surface area (Å²) in [7, 11) is 0. The Morgan fingerprint density at radius 2 is 1.77 bits per heavy atom. The molecule has 0 fully saturated rings. The lowest BCUT2D eigenvalue weighted by Crippen LogP contribution is -2.06. The van der Waals surface area contributed by atoms with Gasteiger partial charge in [-0.3, -0.25) is 0 Å². The fourth-order valence-electron chi connectivity index (χ4n) is 1.00. The number of hydrogen-bond donors (Lipinski definition) is 0. The second kappa shape index (κ2) is 7.37. The lowest BCUT2D eigenvalue weighted by molar-refractivity contribution is 0.164. The van der Waals surface area contributed by atoms with Crippen LogP contribution in [0.1, 0.15) is 59.8 Å². The van der Waals surface area contributed by atoms with Gasteiger partial charge in [-0.2, -0.15) is 0 Å². The Morgan fingerprint density at radius 3 is 2.31 bits per heavy atom. The topological polar surface area (TPSA) is 9.23 Å². The molecule has 0 saturated carbocycles. The summed E-state index contributed by atoms with van der Waals surface area (Å²) in [6.07, 6.45) is 6.18. The van der Waals surface area contributed by atoms with Gasteiger partial charge < -0.3 is 4.74 Å². The number of rotatable bonds is 7. The molecule has 0 rings (SSSR count). The SMILES string of the molecule is CCCCCCO[CH]CC(C)(C)C. The molecule has 79 valence electrons. The Labute approximate surface area is 83.9 Å². The molecule has 0 aromatic carbocycles. The van der Waals surface area contributed by atoms with Crippen LogP contribution < -0.4 is 0 Å². The summed E-state index contributed by atoms with van der Waals surface area (Å²) in [6.45, 7) is 11.8. The van der Waals surface area contributed by atoms with E-state index in [1.165, 1.54) is 25.7 Å². The van der Waals surface area contributed by atoms with E-state index in [0.717, 1.165) is 13.0 Å². The van der Waals surface area contributed by atoms with E-state index in [9.17, 15) is 0 Å². The van der Waals surface area contributed by atoms with Crippen LogP contribution in [0.4, 0.5) is 0 Å². The largest absolute Gasteiger partial charge is 0.376 e. The van der Waals surface area contributed by atoms with E-state index in [1.54, 1.807) is 0 Å². The molecule has 0 aliphatic heterocycles. The van der Waals surface area contributed by atoms with Crippen molar-refractivity contribution >= 4 is 0 Å². The summed E-state index contributed by atoms with van der Waals surface area (Å²) >= 11 is 0. The standard InChI is InChI=1S/C12H25O/c1-5-6-7-8-10-13-11-9-12(2,3)4/h11H,5-10H2,1-4H3. The predicted molar refractivity (Wildman–Crippen MR) is 58.5 cm³/mol. The number of ether oxygens (including phenoxy) is 1. The highest BCUT2D eigenvalue weighted by molar-refractivity contribution is 4.66. The lowest BCUT2D eigenvalue weighted by atomic mass is 9.93. The van der Waals surface area contributed by atoms with Crippen molar-refractivity contribution < 1.29 is 4.74 Å². The van der Waals surface area contributed by atoms with Crippen LogP contribution in [-0.4, -0.2) is 6.61 Å². The van der Waals surface area contributed by atoms with E-state index in [1.807, 2.05) is 6.61 Å². The van der Waals surface area contributed by atoms with Gasteiger partial charge in [0.05, 0.1) is 6.61 Å². The van der Waals surface area contributed by atoms with Crippen molar-refractivity contribution in [2.24, 2.45) is 5.41 Å². The quantitative estimate of drug-likeness (QED) is 0.541. The van der Waals surface area contributed by atoms with E-state index in [0.29, 0.717) is 5.41 Å². The Kier molecular flexibility index (Phi) is 7.35. The lowest BCUT2D eigenvalue weighted by Gasteiger charge is -2.16.